The first-order valence-electron chi connectivity index (χ1n) is 5.99. The Bertz CT molecular complexity index is 458. The number of amides is 2. The summed E-state index contributed by atoms with van der Waals surface area (Å²) < 4.78 is 0. The van der Waals surface area contributed by atoms with Gasteiger partial charge in [0.15, 0.2) is 0 Å². The Hall–Kier alpha value is -1.40. The highest BCUT2D eigenvalue weighted by Gasteiger charge is 2.28. The fourth-order valence-electron chi connectivity index (χ4n) is 2.15. The molecule has 98 valence electrons. The lowest BCUT2D eigenvalue weighted by molar-refractivity contribution is -0.123. The monoisotopic (exact) mass is 267 g/mol. The zero-order chi connectivity index (χ0) is 13.1. The second-order valence-electron chi connectivity index (χ2n) is 4.46. The molecule has 4 N–H and O–H groups in total. The summed E-state index contributed by atoms with van der Waals surface area (Å²) in [6.07, 6.45) is 1.60. The Kier molecular flexibility index (Phi) is 3.98. The molecule has 0 radical (unpaired) electrons. The average Bonchev–Trinajstić information content (AvgIpc) is 2.86. The number of carbonyl (C=O) groups is 2. The summed E-state index contributed by atoms with van der Waals surface area (Å²) >= 11 is 1.41. The van der Waals surface area contributed by atoms with E-state index in [1.807, 2.05) is 6.07 Å². The van der Waals surface area contributed by atoms with Crippen molar-refractivity contribution in [1.29, 1.82) is 0 Å². The standard InChI is InChI=1S/C12H17N3O2S/c13-6-9-3-4-10(18-9)12(17)15-5-1-2-8(7-15)11(14)16/h3-4,8H,1-2,5-7,13H2,(H2,14,16). The summed E-state index contributed by atoms with van der Waals surface area (Å²) in [5.74, 6) is -0.552. The quantitative estimate of drug-likeness (QED) is 0.837. The maximum absolute atomic E-state index is 12.2. The first kappa shape index (κ1) is 13.0. The largest absolute Gasteiger partial charge is 0.369 e. The van der Waals surface area contributed by atoms with Crippen LogP contribution in [0.4, 0.5) is 0 Å². The predicted octanol–water partition coefficient (Wildman–Crippen LogP) is 0.544. The molecule has 1 aliphatic rings. The lowest BCUT2D eigenvalue weighted by Crippen LogP contribution is -2.43. The minimum Gasteiger partial charge on any atom is -0.369 e. The van der Waals surface area contributed by atoms with Crippen molar-refractivity contribution in [2.75, 3.05) is 13.1 Å². The number of primary amides is 1. The third-order valence-corrected chi connectivity index (χ3v) is 4.28. The summed E-state index contributed by atoms with van der Waals surface area (Å²) in [5, 5.41) is 0. The van der Waals surface area contributed by atoms with E-state index >= 15 is 0 Å². The molecule has 1 aromatic rings. The first-order valence-corrected chi connectivity index (χ1v) is 6.81. The fraction of sp³-hybridized carbons (Fsp3) is 0.500. The molecule has 1 fully saturated rings. The Balaban J connectivity index is 2.06. The van der Waals surface area contributed by atoms with Crippen molar-refractivity contribution >= 4 is 23.2 Å². The summed E-state index contributed by atoms with van der Waals surface area (Å²) in [5.41, 5.74) is 10.8. The topological polar surface area (TPSA) is 89.4 Å². The van der Waals surface area contributed by atoms with Gasteiger partial charge >= 0.3 is 0 Å². The Morgan fingerprint density at radius 1 is 1.44 bits per heavy atom. The fourth-order valence-corrected chi connectivity index (χ4v) is 3.01. The normalized spacial score (nSPS) is 19.8. The van der Waals surface area contributed by atoms with Crippen LogP contribution in [0.25, 0.3) is 0 Å². The predicted molar refractivity (Wildman–Crippen MR) is 70.0 cm³/mol. The van der Waals surface area contributed by atoms with Crippen molar-refractivity contribution in [3.05, 3.63) is 21.9 Å². The van der Waals surface area contributed by atoms with Crippen LogP contribution in [-0.2, 0) is 11.3 Å². The zero-order valence-corrected chi connectivity index (χ0v) is 10.9. The van der Waals surface area contributed by atoms with Gasteiger partial charge in [0.1, 0.15) is 0 Å². The van der Waals surface area contributed by atoms with Gasteiger partial charge in [0.05, 0.1) is 10.8 Å². The highest BCUT2D eigenvalue weighted by atomic mass is 32.1. The van der Waals surface area contributed by atoms with Gasteiger partial charge in [0, 0.05) is 24.5 Å². The number of nitrogens with zero attached hydrogens (tertiary/aromatic N) is 1. The molecule has 0 saturated carbocycles. The van der Waals surface area contributed by atoms with Crippen molar-refractivity contribution in [3.8, 4) is 0 Å². The van der Waals surface area contributed by atoms with Crippen LogP contribution in [0.3, 0.4) is 0 Å². The Morgan fingerprint density at radius 2 is 2.22 bits per heavy atom. The van der Waals surface area contributed by atoms with Gasteiger partial charge in [0.2, 0.25) is 5.91 Å². The van der Waals surface area contributed by atoms with Crippen molar-refractivity contribution in [3.63, 3.8) is 0 Å². The smallest absolute Gasteiger partial charge is 0.263 e. The van der Waals surface area contributed by atoms with Gasteiger partial charge in [-0.1, -0.05) is 0 Å². The molecule has 0 aliphatic carbocycles. The van der Waals surface area contributed by atoms with Gasteiger partial charge in [-0.3, -0.25) is 9.59 Å². The maximum atomic E-state index is 12.2. The van der Waals surface area contributed by atoms with Crippen molar-refractivity contribution in [2.24, 2.45) is 17.4 Å². The maximum Gasteiger partial charge on any atom is 0.263 e. The van der Waals surface area contributed by atoms with Crippen LogP contribution in [0.15, 0.2) is 12.1 Å². The number of thiophene rings is 1. The second-order valence-corrected chi connectivity index (χ2v) is 5.63. The van der Waals surface area contributed by atoms with E-state index in [1.165, 1.54) is 11.3 Å². The molecule has 2 amide bonds. The van der Waals surface area contributed by atoms with E-state index in [0.717, 1.165) is 17.7 Å². The van der Waals surface area contributed by atoms with Gasteiger partial charge in [0.25, 0.3) is 5.91 Å². The highest BCUT2D eigenvalue weighted by molar-refractivity contribution is 7.14. The van der Waals surface area contributed by atoms with Crippen LogP contribution in [-0.4, -0.2) is 29.8 Å². The number of nitrogens with two attached hydrogens (primary N) is 2. The molecular formula is C12H17N3O2S. The molecule has 2 heterocycles. The van der Waals surface area contributed by atoms with Crippen LogP contribution >= 0.6 is 11.3 Å². The highest BCUT2D eigenvalue weighted by Crippen LogP contribution is 2.22. The number of hydrogen-bond acceptors (Lipinski definition) is 4. The summed E-state index contributed by atoms with van der Waals surface area (Å²) in [6, 6.07) is 3.66. The first-order chi connectivity index (χ1) is 8.61. The Labute approximate surface area is 110 Å². The summed E-state index contributed by atoms with van der Waals surface area (Å²) in [4.78, 5) is 26.8. The molecule has 1 aromatic heterocycles. The number of piperidine rings is 1. The second kappa shape index (κ2) is 5.49. The molecule has 6 heteroatoms. The molecular weight excluding hydrogens is 250 g/mol. The molecule has 18 heavy (non-hydrogen) atoms. The summed E-state index contributed by atoms with van der Waals surface area (Å²) in [7, 11) is 0. The third-order valence-electron chi connectivity index (χ3n) is 3.18. The van der Waals surface area contributed by atoms with E-state index < -0.39 is 0 Å². The average molecular weight is 267 g/mol. The lowest BCUT2D eigenvalue weighted by Gasteiger charge is -2.30. The van der Waals surface area contributed by atoms with E-state index in [1.54, 1.807) is 11.0 Å². The number of carbonyl (C=O) groups excluding carboxylic acids is 2. The van der Waals surface area contributed by atoms with Crippen LogP contribution in [0.1, 0.15) is 27.4 Å². The summed E-state index contributed by atoms with van der Waals surface area (Å²) in [6.45, 7) is 1.57. The van der Waals surface area contributed by atoms with E-state index in [0.29, 0.717) is 24.5 Å². The lowest BCUT2D eigenvalue weighted by atomic mass is 9.97. The van der Waals surface area contributed by atoms with Gasteiger partial charge in [-0.2, -0.15) is 0 Å². The minimum atomic E-state index is -0.318. The molecule has 1 unspecified atom stereocenters. The van der Waals surface area contributed by atoms with E-state index in [4.69, 9.17) is 11.5 Å². The van der Waals surface area contributed by atoms with Crippen LogP contribution < -0.4 is 11.5 Å². The molecule has 0 aromatic carbocycles. The molecule has 5 nitrogen and oxygen atoms in total. The van der Waals surface area contributed by atoms with Gasteiger partial charge < -0.3 is 16.4 Å². The SMILES string of the molecule is NCc1ccc(C(=O)N2CCCC(C(N)=O)C2)s1. The van der Waals surface area contributed by atoms with Gasteiger partial charge in [-0.05, 0) is 25.0 Å². The molecule has 1 saturated heterocycles. The molecule has 1 aliphatic heterocycles. The number of hydrogen-bond donors (Lipinski definition) is 2. The molecule has 2 rings (SSSR count). The van der Waals surface area contributed by atoms with Crippen molar-refractivity contribution in [2.45, 2.75) is 19.4 Å². The number of rotatable bonds is 3. The molecule has 0 spiro atoms. The van der Waals surface area contributed by atoms with Crippen molar-refractivity contribution in [1.82, 2.24) is 4.90 Å². The number of likely N-dealkylation sites (tertiary alicyclic amines) is 1. The van der Waals surface area contributed by atoms with Crippen LogP contribution in [0.5, 0.6) is 0 Å². The molecule has 1 atom stereocenters. The van der Waals surface area contributed by atoms with Gasteiger partial charge in [-0.25, -0.2) is 0 Å². The van der Waals surface area contributed by atoms with E-state index in [-0.39, 0.29) is 17.7 Å². The minimum absolute atomic E-state index is 0.0225. The zero-order valence-electron chi connectivity index (χ0n) is 10.1. The van der Waals surface area contributed by atoms with Crippen LogP contribution in [0, 0.1) is 5.92 Å². The Morgan fingerprint density at radius 3 is 2.83 bits per heavy atom. The van der Waals surface area contributed by atoms with E-state index in [2.05, 4.69) is 0 Å². The van der Waals surface area contributed by atoms with Crippen molar-refractivity contribution < 1.29 is 9.59 Å². The van der Waals surface area contributed by atoms with Gasteiger partial charge in [-0.15, -0.1) is 11.3 Å². The van der Waals surface area contributed by atoms with Crippen LogP contribution in [0.2, 0.25) is 0 Å². The third kappa shape index (κ3) is 2.70. The van der Waals surface area contributed by atoms with E-state index in [9.17, 15) is 9.59 Å². The molecule has 0 bridgehead atoms.